The smallest absolute Gasteiger partial charge is 0.271 e. The monoisotopic (exact) mass is 349 g/mol. The number of nitro groups is 1. The number of hydrogen-bond donors (Lipinski definition) is 1. The Morgan fingerprint density at radius 1 is 1.17 bits per heavy atom. The first-order chi connectivity index (χ1) is 11.2. The summed E-state index contributed by atoms with van der Waals surface area (Å²) in [6.07, 6.45) is 0. The summed E-state index contributed by atoms with van der Waals surface area (Å²) in [7, 11) is -0.534. The van der Waals surface area contributed by atoms with Gasteiger partial charge in [-0.1, -0.05) is 18.2 Å². The van der Waals surface area contributed by atoms with E-state index in [-0.39, 0.29) is 10.6 Å². The van der Waals surface area contributed by atoms with Crippen molar-refractivity contribution in [1.29, 1.82) is 0 Å². The Morgan fingerprint density at radius 3 is 2.50 bits per heavy atom. The van der Waals surface area contributed by atoms with Crippen molar-refractivity contribution >= 4 is 21.4 Å². The van der Waals surface area contributed by atoms with E-state index in [0.29, 0.717) is 12.2 Å². The molecule has 1 N–H and O–H groups in total. The summed E-state index contributed by atoms with van der Waals surface area (Å²) in [6, 6.07) is 11.2. The molecule has 7 nitrogen and oxygen atoms in total. The van der Waals surface area contributed by atoms with Gasteiger partial charge in [0.1, 0.15) is 0 Å². The first kappa shape index (κ1) is 17.9. The number of non-ortho nitro benzene ring substituents is 1. The number of nitrogens with one attached hydrogen (secondary N) is 1. The third-order valence-electron chi connectivity index (χ3n) is 3.59. The Hall–Kier alpha value is -2.45. The molecule has 8 heteroatoms. The van der Waals surface area contributed by atoms with E-state index in [9.17, 15) is 18.5 Å². The van der Waals surface area contributed by atoms with Gasteiger partial charge in [-0.2, -0.15) is 0 Å². The molecule has 0 heterocycles. The van der Waals surface area contributed by atoms with Crippen LogP contribution in [0, 0.1) is 17.0 Å². The number of rotatable bonds is 6. The van der Waals surface area contributed by atoms with Gasteiger partial charge in [-0.15, -0.1) is 0 Å². The molecule has 0 radical (unpaired) electrons. The van der Waals surface area contributed by atoms with Crippen molar-refractivity contribution in [2.24, 2.45) is 0 Å². The molecule has 0 unspecified atom stereocenters. The van der Waals surface area contributed by atoms with Crippen LogP contribution < -0.4 is 5.32 Å². The molecule has 0 fully saturated rings. The molecule has 0 saturated heterocycles. The van der Waals surface area contributed by atoms with Crippen molar-refractivity contribution < 1.29 is 13.3 Å². The Bertz CT molecular complexity index is 863. The Labute approximate surface area is 141 Å². The zero-order chi connectivity index (χ0) is 17.9. The topological polar surface area (TPSA) is 92.5 Å². The molecule has 0 spiro atoms. The number of nitrogens with zero attached hydrogens (tertiary/aromatic N) is 2. The minimum atomic E-state index is -3.49. The lowest BCUT2D eigenvalue weighted by atomic mass is 10.1. The molecular formula is C16H19N3O4S. The number of benzene rings is 2. The van der Waals surface area contributed by atoms with Gasteiger partial charge in [0.2, 0.25) is 10.0 Å². The van der Waals surface area contributed by atoms with Crippen LogP contribution in [-0.2, 0) is 16.6 Å². The fourth-order valence-corrected chi connectivity index (χ4v) is 3.11. The molecule has 0 atom stereocenters. The van der Waals surface area contributed by atoms with E-state index in [4.69, 9.17) is 0 Å². The molecular weight excluding hydrogens is 330 g/mol. The normalized spacial score (nSPS) is 11.5. The zero-order valence-corrected chi connectivity index (χ0v) is 14.5. The summed E-state index contributed by atoms with van der Waals surface area (Å²) >= 11 is 0. The number of aryl methyl sites for hydroxylation is 1. The quantitative estimate of drug-likeness (QED) is 0.639. The second-order valence-corrected chi connectivity index (χ2v) is 7.70. The Kier molecular flexibility index (Phi) is 5.20. The van der Waals surface area contributed by atoms with E-state index in [1.165, 1.54) is 32.3 Å². The van der Waals surface area contributed by atoms with E-state index in [1.807, 2.05) is 6.92 Å². The van der Waals surface area contributed by atoms with Gasteiger partial charge >= 0.3 is 0 Å². The van der Waals surface area contributed by atoms with Crippen LogP contribution in [0.4, 0.5) is 11.4 Å². The van der Waals surface area contributed by atoms with Gasteiger partial charge in [0.15, 0.2) is 0 Å². The highest BCUT2D eigenvalue weighted by atomic mass is 32.2. The molecule has 0 aliphatic heterocycles. The predicted molar refractivity (Wildman–Crippen MR) is 92.5 cm³/mol. The van der Waals surface area contributed by atoms with Crippen molar-refractivity contribution in [3.8, 4) is 0 Å². The molecule has 0 amide bonds. The summed E-state index contributed by atoms with van der Waals surface area (Å²) in [5.41, 5.74) is 2.29. The van der Waals surface area contributed by atoms with Crippen molar-refractivity contribution in [3.63, 3.8) is 0 Å². The van der Waals surface area contributed by atoms with E-state index in [0.717, 1.165) is 15.4 Å². The zero-order valence-electron chi connectivity index (χ0n) is 13.7. The molecule has 2 aromatic rings. The van der Waals surface area contributed by atoms with Crippen LogP contribution in [0.3, 0.4) is 0 Å². The van der Waals surface area contributed by atoms with E-state index >= 15 is 0 Å². The van der Waals surface area contributed by atoms with E-state index in [2.05, 4.69) is 5.32 Å². The van der Waals surface area contributed by atoms with Crippen molar-refractivity contribution in [2.75, 3.05) is 19.4 Å². The lowest BCUT2D eigenvalue weighted by Gasteiger charge is -2.13. The highest BCUT2D eigenvalue weighted by molar-refractivity contribution is 7.89. The van der Waals surface area contributed by atoms with Crippen LogP contribution in [-0.4, -0.2) is 31.7 Å². The van der Waals surface area contributed by atoms with Crippen molar-refractivity contribution in [3.05, 3.63) is 63.7 Å². The highest BCUT2D eigenvalue weighted by Gasteiger charge is 2.17. The van der Waals surface area contributed by atoms with Crippen LogP contribution in [0.1, 0.15) is 11.1 Å². The lowest BCUT2D eigenvalue weighted by molar-refractivity contribution is -0.384. The maximum absolute atomic E-state index is 12.2. The summed E-state index contributed by atoms with van der Waals surface area (Å²) in [5, 5.41) is 14.0. The molecule has 0 saturated carbocycles. The summed E-state index contributed by atoms with van der Waals surface area (Å²) < 4.78 is 25.5. The number of hydrogen-bond acceptors (Lipinski definition) is 5. The number of anilines is 1. The third kappa shape index (κ3) is 3.90. The molecule has 0 bridgehead atoms. The van der Waals surface area contributed by atoms with Crippen LogP contribution in [0.15, 0.2) is 47.4 Å². The lowest BCUT2D eigenvalue weighted by Crippen LogP contribution is -2.22. The Morgan fingerprint density at radius 2 is 1.88 bits per heavy atom. The SMILES string of the molecule is Cc1ccc([N+](=O)[O-])cc1NCc1cccc(S(=O)(=O)N(C)C)c1. The summed E-state index contributed by atoms with van der Waals surface area (Å²) in [5.74, 6) is 0. The molecule has 2 rings (SSSR count). The fraction of sp³-hybridized carbons (Fsp3) is 0.250. The van der Waals surface area contributed by atoms with Gasteiger partial charge in [-0.05, 0) is 30.2 Å². The third-order valence-corrected chi connectivity index (χ3v) is 5.40. The number of sulfonamides is 1. The molecule has 128 valence electrons. The second kappa shape index (κ2) is 6.98. The first-order valence-electron chi connectivity index (χ1n) is 7.22. The van der Waals surface area contributed by atoms with Crippen LogP contribution >= 0.6 is 0 Å². The summed E-state index contributed by atoms with van der Waals surface area (Å²) in [6.45, 7) is 2.21. The van der Waals surface area contributed by atoms with E-state index < -0.39 is 14.9 Å². The average Bonchev–Trinajstić information content (AvgIpc) is 2.54. The second-order valence-electron chi connectivity index (χ2n) is 5.54. The van der Waals surface area contributed by atoms with Crippen LogP contribution in [0.5, 0.6) is 0 Å². The van der Waals surface area contributed by atoms with Crippen molar-refractivity contribution in [1.82, 2.24) is 4.31 Å². The van der Waals surface area contributed by atoms with Crippen molar-refractivity contribution in [2.45, 2.75) is 18.4 Å². The molecule has 0 aliphatic rings. The fourth-order valence-electron chi connectivity index (χ4n) is 2.14. The first-order valence-corrected chi connectivity index (χ1v) is 8.66. The maximum Gasteiger partial charge on any atom is 0.271 e. The minimum Gasteiger partial charge on any atom is -0.381 e. The van der Waals surface area contributed by atoms with Gasteiger partial charge < -0.3 is 5.32 Å². The summed E-state index contributed by atoms with van der Waals surface area (Å²) in [4.78, 5) is 10.6. The van der Waals surface area contributed by atoms with Crippen LogP contribution in [0.2, 0.25) is 0 Å². The van der Waals surface area contributed by atoms with Gasteiger partial charge in [0.05, 0.1) is 9.82 Å². The predicted octanol–water partition coefficient (Wildman–Crippen LogP) is 2.77. The van der Waals surface area contributed by atoms with Gasteiger partial charge in [0, 0.05) is 38.5 Å². The highest BCUT2D eigenvalue weighted by Crippen LogP contribution is 2.23. The van der Waals surface area contributed by atoms with E-state index in [1.54, 1.807) is 24.3 Å². The standard InChI is InChI=1S/C16H19N3O4S/c1-12-7-8-14(19(20)21)10-16(12)17-11-13-5-4-6-15(9-13)24(22,23)18(2)3/h4-10,17H,11H2,1-3H3. The van der Waals surface area contributed by atoms with Crippen LogP contribution in [0.25, 0.3) is 0 Å². The maximum atomic E-state index is 12.2. The minimum absolute atomic E-state index is 0.00652. The molecule has 0 aliphatic carbocycles. The van der Waals surface area contributed by atoms with Gasteiger partial charge in [-0.25, -0.2) is 12.7 Å². The van der Waals surface area contributed by atoms with Gasteiger partial charge in [0.25, 0.3) is 5.69 Å². The Balaban J connectivity index is 2.22. The molecule has 2 aromatic carbocycles. The number of nitro benzene ring substituents is 1. The average molecular weight is 349 g/mol. The molecule has 0 aromatic heterocycles. The van der Waals surface area contributed by atoms with Gasteiger partial charge in [-0.3, -0.25) is 10.1 Å². The largest absolute Gasteiger partial charge is 0.381 e. The molecule has 24 heavy (non-hydrogen) atoms.